The van der Waals surface area contributed by atoms with Gasteiger partial charge in [0.1, 0.15) is 5.75 Å². The molecule has 1 aromatic heterocycles. The van der Waals surface area contributed by atoms with Crippen molar-refractivity contribution in [1.29, 1.82) is 0 Å². The zero-order valence-corrected chi connectivity index (χ0v) is 15.8. The average Bonchev–Trinajstić information content (AvgIpc) is 3.02. The number of hydrogen-bond acceptors (Lipinski definition) is 2. The van der Waals surface area contributed by atoms with Crippen molar-refractivity contribution >= 4 is 44.2 Å². The van der Waals surface area contributed by atoms with Gasteiger partial charge in [-0.25, -0.2) is 0 Å². The summed E-state index contributed by atoms with van der Waals surface area (Å²) in [4.78, 5) is 13.0. The van der Waals surface area contributed by atoms with E-state index in [0.29, 0.717) is 31.7 Å². The van der Waals surface area contributed by atoms with E-state index < -0.39 is 0 Å². The molecular formula is C21H13BrClNO2. The molecule has 0 aliphatic heterocycles. The molecule has 0 bridgehead atoms. The Labute approximate surface area is 163 Å². The van der Waals surface area contributed by atoms with Crippen LogP contribution in [0.25, 0.3) is 16.6 Å². The molecule has 3 nitrogen and oxygen atoms in total. The van der Waals surface area contributed by atoms with Gasteiger partial charge in [0.25, 0.3) is 0 Å². The second-order valence-corrected chi connectivity index (χ2v) is 7.08. The third-order valence-corrected chi connectivity index (χ3v) is 5.57. The van der Waals surface area contributed by atoms with Crippen LogP contribution >= 0.6 is 27.5 Å². The van der Waals surface area contributed by atoms with Gasteiger partial charge in [0, 0.05) is 15.6 Å². The van der Waals surface area contributed by atoms with Gasteiger partial charge in [-0.15, -0.1) is 0 Å². The first-order chi connectivity index (χ1) is 12.6. The highest BCUT2D eigenvalue weighted by Crippen LogP contribution is 2.39. The number of benzene rings is 3. The predicted molar refractivity (Wildman–Crippen MR) is 108 cm³/mol. The van der Waals surface area contributed by atoms with E-state index in [1.807, 2.05) is 48.5 Å². The standard InChI is InChI=1S/C21H13BrClNO2/c22-15-10-11-17-19(20(15)23)18(25)12-24(17)16-9-5-4-8-14(16)21(26)13-6-2-1-3-7-13/h1-12,25H. The van der Waals surface area contributed by atoms with Crippen LogP contribution in [0.1, 0.15) is 15.9 Å². The second kappa shape index (κ2) is 6.63. The summed E-state index contributed by atoms with van der Waals surface area (Å²) in [6.07, 6.45) is 1.58. The van der Waals surface area contributed by atoms with Crippen molar-refractivity contribution in [3.8, 4) is 11.4 Å². The fraction of sp³-hybridized carbons (Fsp3) is 0. The molecule has 3 aromatic carbocycles. The van der Waals surface area contributed by atoms with Crippen LogP contribution in [0.4, 0.5) is 0 Å². The minimum absolute atomic E-state index is 0.0632. The van der Waals surface area contributed by atoms with Gasteiger partial charge in [-0.3, -0.25) is 4.79 Å². The molecule has 0 radical (unpaired) electrons. The van der Waals surface area contributed by atoms with E-state index in [2.05, 4.69) is 15.9 Å². The van der Waals surface area contributed by atoms with Crippen LogP contribution in [0, 0.1) is 0 Å². The predicted octanol–water partition coefficient (Wildman–Crippen LogP) is 5.98. The number of carbonyl (C=O) groups is 1. The van der Waals surface area contributed by atoms with Gasteiger partial charge in [0.15, 0.2) is 5.78 Å². The summed E-state index contributed by atoms with van der Waals surface area (Å²) in [5.74, 6) is -0.0148. The number of ketones is 1. The van der Waals surface area contributed by atoms with Crippen LogP contribution in [0.2, 0.25) is 5.02 Å². The fourth-order valence-electron chi connectivity index (χ4n) is 3.06. The Morgan fingerprint density at radius 2 is 1.65 bits per heavy atom. The number of aromatic hydroxyl groups is 1. The maximum atomic E-state index is 13.0. The molecule has 0 unspecified atom stereocenters. The minimum Gasteiger partial charge on any atom is -0.506 e. The van der Waals surface area contributed by atoms with Gasteiger partial charge in [-0.05, 0) is 40.2 Å². The molecule has 0 amide bonds. The van der Waals surface area contributed by atoms with Crippen molar-refractivity contribution < 1.29 is 9.90 Å². The molecule has 0 aliphatic carbocycles. The molecule has 0 fully saturated rings. The Morgan fingerprint density at radius 3 is 2.42 bits per heavy atom. The van der Waals surface area contributed by atoms with E-state index in [1.54, 1.807) is 29.0 Å². The largest absolute Gasteiger partial charge is 0.506 e. The summed E-state index contributed by atoms with van der Waals surface area (Å²) in [6.45, 7) is 0. The Balaban J connectivity index is 1.95. The lowest BCUT2D eigenvalue weighted by Gasteiger charge is -2.11. The van der Waals surface area contributed by atoms with E-state index in [9.17, 15) is 9.90 Å². The average molecular weight is 427 g/mol. The molecule has 1 heterocycles. The lowest BCUT2D eigenvalue weighted by Crippen LogP contribution is -2.06. The van der Waals surface area contributed by atoms with Crippen LogP contribution in [0.3, 0.4) is 0 Å². The Kier molecular flexibility index (Phi) is 4.31. The molecule has 26 heavy (non-hydrogen) atoms. The Hall–Kier alpha value is -2.56. The van der Waals surface area contributed by atoms with Crippen molar-refractivity contribution in [3.63, 3.8) is 0 Å². The Bertz CT molecular complexity index is 1140. The van der Waals surface area contributed by atoms with E-state index in [4.69, 9.17) is 11.6 Å². The third-order valence-electron chi connectivity index (χ3n) is 4.28. The van der Waals surface area contributed by atoms with Crippen molar-refractivity contribution in [3.05, 3.63) is 93.5 Å². The number of halogens is 2. The quantitative estimate of drug-likeness (QED) is 0.409. The van der Waals surface area contributed by atoms with Crippen molar-refractivity contribution in [1.82, 2.24) is 4.57 Å². The molecule has 5 heteroatoms. The molecule has 4 aromatic rings. The van der Waals surface area contributed by atoms with Gasteiger partial charge in [-0.1, -0.05) is 54.1 Å². The lowest BCUT2D eigenvalue weighted by atomic mass is 10.0. The zero-order valence-electron chi connectivity index (χ0n) is 13.5. The van der Waals surface area contributed by atoms with Crippen LogP contribution in [-0.4, -0.2) is 15.5 Å². The number of para-hydroxylation sites is 1. The molecule has 0 spiro atoms. The maximum Gasteiger partial charge on any atom is 0.195 e. The SMILES string of the molecule is O=C(c1ccccc1)c1ccccc1-n1cc(O)c2c(Cl)c(Br)ccc21. The molecule has 0 atom stereocenters. The van der Waals surface area contributed by atoms with Crippen molar-refractivity contribution in [2.75, 3.05) is 0 Å². The second-order valence-electron chi connectivity index (χ2n) is 5.85. The number of aromatic nitrogens is 1. The van der Waals surface area contributed by atoms with Crippen LogP contribution in [0.5, 0.6) is 5.75 Å². The van der Waals surface area contributed by atoms with Gasteiger partial charge in [-0.2, -0.15) is 0 Å². The first-order valence-corrected chi connectivity index (χ1v) is 9.12. The van der Waals surface area contributed by atoms with E-state index in [1.165, 1.54) is 0 Å². The molecule has 0 saturated carbocycles. The van der Waals surface area contributed by atoms with Crippen molar-refractivity contribution in [2.45, 2.75) is 0 Å². The number of nitrogens with zero attached hydrogens (tertiary/aromatic N) is 1. The highest BCUT2D eigenvalue weighted by Gasteiger charge is 2.19. The summed E-state index contributed by atoms with van der Waals surface area (Å²) in [5.41, 5.74) is 2.57. The number of fused-ring (bicyclic) bond motifs is 1. The normalized spacial score (nSPS) is 11.0. The highest BCUT2D eigenvalue weighted by atomic mass is 79.9. The van der Waals surface area contributed by atoms with Gasteiger partial charge in [0.2, 0.25) is 0 Å². The zero-order chi connectivity index (χ0) is 18.3. The first kappa shape index (κ1) is 16.9. The lowest BCUT2D eigenvalue weighted by molar-refractivity contribution is 0.103. The van der Waals surface area contributed by atoms with Gasteiger partial charge in [0.05, 0.1) is 27.8 Å². The maximum absolute atomic E-state index is 13.0. The fourth-order valence-corrected chi connectivity index (χ4v) is 3.65. The molecule has 0 saturated heterocycles. The van der Waals surface area contributed by atoms with E-state index in [0.717, 1.165) is 5.52 Å². The van der Waals surface area contributed by atoms with Gasteiger partial charge >= 0.3 is 0 Å². The highest BCUT2D eigenvalue weighted by molar-refractivity contribution is 9.10. The number of rotatable bonds is 3. The van der Waals surface area contributed by atoms with Crippen LogP contribution in [0.15, 0.2) is 77.4 Å². The monoisotopic (exact) mass is 425 g/mol. The first-order valence-electron chi connectivity index (χ1n) is 7.95. The summed E-state index contributed by atoms with van der Waals surface area (Å²) in [6, 6.07) is 20.1. The summed E-state index contributed by atoms with van der Waals surface area (Å²) >= 11 is 9.72. The number of carbonyl (C=O) groups excluding carboxylic acids is 1. The van der Waals surface area contributed by atoms with Crippen molar-refractivity contribution in [2.24, 2.45) is 0 Å². The van der Waals surface area contributed by atoms with E-state index >= 15 is 0 Å². The summed E-state index contributed by atoms with van der Waals surface area (Å²) < 4.78 is 2.49. The molecule has 128 valence electrons. The Morgan fingerprint density at radius 1 is 0.962 bits per heavy atom. The molecule has 4 rings (SSSR count). The third kappa shape index (κ3) is 2.71. The molecule has 0 aliphatic rings. The number of hydrogen-bond donors (Lipinski definition) is 1. The summed E-state index contributed by atoms with van der Waals surface area (Å²) in [7, 11) is 0. The van der Waals surface area contributed by atoms with Crippen LogP contribution in [-0.2, 0) is 0 Å². The minimum atomic E-state index is -0.0780. The topological polar surface area (TPSA) is 42.2 Å². The van der Waals surface area contributed by atoms with E-state index in [-0.39, 0.29) is 11.5 Å². The van der Waals surface area contributed by atoms with Crippen LogP contribution < -0.4 is 0 Å². The van der Waals surface area contributed by atoms with Gasteiger partial charge < -0.3 is 9.67 Å². The molecule has 1 N–H and O–H groups in total. The summed E-state index contributed by atoms with van der Waals surface area (Å²) in [5, 5.41) is 11.4. The molecular weight excluding hydrogens is 414 g/mol. The smallest absolute Gasteiger partial charge is 0.195 e.